The summed E-state index contributed by atoms with van der Waals surface area (Å²) in [4.78, 5) is 11.4. The van der Waals surface area contributed by atoms with E-state index in [1.165, 1.54) is 0 Å². The Hall–Kier alpha value is -1.16. The van der Waals surface area contributed by atoms with Gasteiger partial charge in [-0.25, -0.2) is 4.79 Å². The first-order valence-corrected chi connectivity index (χ1v) is 5.74. The molecule has 3 nitrogen and oxygen atoms in total. The van der Waals surface area contributed by atoms with Crippen LogP contribution < -0.4 is 5.32 Å². The van der Waals surface area contributed by atoms with Crippen molar-refractivity contribution in [2.45, 2.75) is 32.1 Å². The minimum Gasteiger partial charge on any atom is -0.444 e. The maximum Gasteiger partial charge on any atom is 0.412 e. The lowest BCUT2D eigenvalue weighted by Crippen LogP contribution is -2.27. The van der Waals surface area contributed by atoms with Gasteiger partial charge >= 0.3 is 6.09 Å². The van der Waals surface area contributed by atoms with Gasteiger partial charge in [0.05, 0.1) is 0 Å². The zero-order valence-electron chi connectivity index (χ0n) is 9.78. The van der Waals surface area contributed by atoms with Crippen LogP contribution in [-0.2, 0) is 10.5 Å². The quantitative estimate of drug-likeness (QED) is 0.776. The number of carbonyl (C=O) groups is 1. The first-order chi connectivity index (χ1) is 7.40. The van der Waals surface area contributed by atoms with Gasteiger partial charge in [0.2, 0.25) is 0 Å². The van der Waals surface area contributed by atoms with Gasteiger partial charge in [-0.2, -0.15) is 12.6 Å². The van der Waals surface area contributed by atoms with Crippen molar-refractivity contribution in [3.63, 3.8) is 0 Å². The maximum atomic E-state index is 11.4. The van der Waals surface area contributed by atoms with E-state index in [2.05, 4.69) is 17.9 Å². The average Bonchev–Trinajstić information content (AvgIpc) is 2.16. The van der Waals surface area contributed by atoms with Gasteiger partial charge in [-0.05, 0) is 38.5 Å². The molecule has 0 saturated carbocycles. The summed E-state index contributed by atoms with van der Waals surface area (Å²) in [5, 5.41) is 2.66. The van der Waals surface area contributed by atoms with E-state index in [0.717, 1.165) is 11.3 Å². The second-order valence-electron chi connectivity index (χ2n) is 4.48. The Morgan fingerprint density at radius 1 is 1.31 bits per heavy atom. The second kappa shape index (κ2) is 5.25. The molecule has 0 bridgehead atoms. The highest BCUT2D eigenvalue weighted by Crippen LogP contribution is 2.13. The highest BCUT2D eigenvalue weighted by Gasteiger charge is 2.15. The number of amides is 1. The van der Waals surface area contributed by atoms with E-state index in [1.807, 2.05) is 45.0 Å². The van der Waals surface area contributed by atoms with Crippen LogP contribution >= 0.6 is 12.6 Å². The van der Waals surface area contributed by atoms with Crippen LogP contribution in [0.2, 0.25) is 0 Å². The monoisotopic (exact) mass is 239 g/mol. The molecule has 0 fully saturated rings. The van der Waals surface area contributed by atoms with E-state index in [9.17, 15) is 4.79 Å². The molecule has 0 aliphatic heterocycles. The summed E-state index contributed by atoms with van der Waals surface area (Å²) in [7, 11) is 0. The fraction of sp³-hybridized carbons (Fsp3) is 0.417. The topological polar surface area (TPSA) is 38.3 Å². The maximum absolute atomic E-state index is 11.4. The van der Waals surface area contributed by atoms with Gasteiger partial charge < -0.3 is 4.74 Å². The first kappa shape index (κ1) is 12.9. The fourth-order valence-corrected chi connectivity index (χ4v) is 1.33. The Morgan fingerprint density at radius 3 is 2.31 bits per heavy atom. The molecule has 0 aliphatic carbocycles. The Kier molecular flexibility index (Phi) is 4.24. The molecule has 88 valence electrons. The van der Waals surface area contributed by atoms with Crippen LogP contribution in [0.4, 0.5) is 10.5 Å². The second-order valence-corrected chi connectivity index (χ2v) is 4.80. The normalized spacial score (nSPS) is 11.0. The smallest absolute Gasteiger partial charge is 0.412 e. The van der Waals surface area contributed by atoms with Crippen molar-refractivity contribution in [3.8, 4) is 0 Å². The molecule has 0 unspecified atom stereocenters. The number of anilines is 1. The first-order valence-electron chi connectivity index (χ1n) is 5.10. The lowest BCUT2D eigenvalue weighted by molar-refractivity contribution is 0.0636. The van der Waals surface area contributed by atoms with E-state index in [4.69, 9.17) is 4.74 Å². The van der Waals surface area contributed by atoms with Crippen LogP contribution in [0.25, 0.3) is 0 Å². The Bertz CT molecular complexity index is 354. The highest BCUT2D eigenvalue weighted by molar-refractivity contribution is 7.79. The van der Waals surface area contributed by atoms with E-state index < -0.39 is 11.7 Å². The van der Waals surface area contributed by atoms with Crippen molar-refractivity contribution in [2.75, 3.05) is 5.32 Å². The van der Waals surface area contributed by atoms with Crippen LogP contribution in [0.3, 0.4) is 0 Å². The van der Waals surface area contributed by atoms with Crippen molar-refractivity contribution in [1.29, 1.82) is 0 Å². The fourth-order valence-electron chi connectivity index (χ4n) is 1.11. The zero-order chi connectivity index (χ0) is 12.2. The lowest BCUT2D eigenvalue weighted by Gasteiger charge is -2.19. The van der Waals surface area contributed by atoms with Crippen molar-refractivity contribution in [1.82, 2.24) is 0 Å². The van der Waals surface area contributed by atoms with Crippen LogP contribution in [0.5, 0.6) is 0 Å². The van der Waals surface area contributed by atoms with Crippen molar-refractivity contribution in [3.05, 3.63) is 29.8 Å². The van der Waals surface area contributed by atoms with Crippen molar-refractivity contribution >= 4 is 24.4 Å². The standard InChI is InChI=1S/C12H17NO2S/c1-12(2,3)15-11(14)13-10-6-4-9(8-16)5-7-10/h4-7,16H,8H2,1-3H3,(H,13,14). The van der Waals surface area contributed by atoms with Crippen LogP contribution in [-0.4, -0.2) is 11.7 Å². The molecular formula is C12H17NO2S. The van der Waals surface area contributed by atoms with Gasteiger partial charge in [0.1, 0.15) is 5.60 Å². The molecule has 0 radical (unpaired) electrons. The van der Waals surface area contributed by atoms with Crippen molar-refractivity contribution < 1.29 is 9.53 Å². The van der Waals surface area contributed by atoms with Crippen LogP contribution in [0.15, 0.2) is 24.3 Å². The molecule has 1 aromatic carbocycles. The largest absolute Gasteiger partial charge is 0.444 e. The predicted octanol–water partition coefficient (Wildman–Crippen LogP) is 3.46. The summed E-state index contributed by atoms with van der Waals surface area (Å²) < 4.78 is 5.13. The van der Waals surface area contributed by atoms with E-state index in [-0.39, 0.29) is 0 Å². The molecule has 0 aliphatic rings. The van der Waals surface area contributed by atoms with Gasteiger partial charge in [0.15, 0.2) is 0 Å². The summed E-state index contributed by atoms with van der Waals surface area (Å²) in [5.41, 5.74) is 1.35. The Balaban J connectivity index is 2.56. The van der Waals surface area contributed by atoms with Gasteiger partial charge in [-0.1, -0.05) is 12.1 Å². The van der Waals surface area contributed by atoms with Gasteiger partial charge in [-0.15, -0.1) is 0 Å². The van der Waals surface area contributed by atoms with Crippen LogP contribution in [0.1, 0.15) is 26.3 Å². The molecule has 1 rings (SSSR count). The predicted molar refractivity (Wildman–Crippen MR) is 69.0 cm³/mol. The van der Waals surface area contributed by atoms with Crippen LogP contribution in [0, 0.1) is 0 Å². The number of nitrogens with one attached hydrogen (secondary N) is 1. The lowest BCUT2D eigenvalue weighted by atomic mass is 10.2. The molecule has 0 saturated heterocycles. The summed E-state index contributed by atoms with van der Waals surface area (Å²) in [5.74, 6) is 0.687. The molecule has 0 heterocycles. The Morgan fingerprint density at radius 2 is 1.88 bits per heavy atom. The summed E-state index contributed by atoms with van der Waals surface area (Å²) in [6.07, 6.45) is -0.439. The molecule has 1 amide bonds. The number of benzene rings is 1. The summed E-state index contributed by atoms with van der Waals surface area (Å²) >= 11 is 4.16. The average molecular weight is 239 g/mol. The van der Waals surface area contributed by atoms with Gasteiger partial charge in [-0.3, -0.25) is 5.32 Å². The van der Waals surface area contributed by atoms with Gasteiger partial charge in [0.25, 0.3) is 0 Å². The molecule has 0 aromatic heterocycles. The summed E-state index contributed by atoms with van der Waals surface area (Å²) in [6, 6.07) is 7.49. The van der Waals surface area contributed by atoms with Gasteiger partial charge in [0, 0.05) is 11.4 Å². The van der Waals surface area contributed by atoms with Crippen molar-refractivity contribution in [2.24, 2.45) is 0 Å². The molecule has 4 heteroatoms. The summed E-state index contributed by atoms with van der Waals surface area (Å²) in [6.45, 7) is 5.49. The number of hydrogen-bond donors (Lipinski definition) is 2. The number of carbonyl (C=O) groups excluding carboxylic acids is 1. The minimum absolute atomic E-state index is 0.439. The number of rotatable bonds is 2. The third-order valence-corrected chi connectivity index (χ3v) is 2.15. The third kappa shape index (κ3) is 4.57. The Labute approximate surface area is 102 Å². The SMILES string of the molecule is CC(C)(C)OC(=O)Nc1ccc(CS)cc1. The number of hydrogen-bond acceptors (Lipinski definition) is 3. The minimum atomic E-state index is -0.477. The zero-order valence-corrected chi connectivity index (χ0v) is 10.7. The molecule has 0 spiro atoms. The molecule has 16 heavy (non-hydrogen) atoms. The van der Waals surface area contributed by atoms with E-state index in [1.54, 1.807) is 0 Å². The third-order valence-electron chi connectivity index (χ3n) is 1.78. The number of ether oxygens (including phenoxy) is 1. The highest BCUT2D eigenvalue weighted by atomic mass is 32.1. The molecular weight excluding hydrogens is 222 g/mol. The van der Waals surface area contributed by atoms with E-state index in [0.29, 0.717) is 5.75 Å². The molecule has 0 atom stereocenters. The molecule has 1 aromatic rings. The molecule has 1 N–H and O–H groups in total. The van der Waals surface area contributed by atoms with E-state index >= 15 is 0 Å². The number of thiol groups is 1.